The first-order chi connectivity index (χ1) is 12.1. The first kappa shape index (κ1) is 17.7. The lowest BCUT2D eigenvalue weighted by Gasteiger charge is -2.14. The lowest BCUT2D eigenvalue weighted by atomic mass is 10.1. The van der Waals surface area contributed by atoms with Crippen LogP contribution in [0.1, 0.15) is 17.5 Å². The number of hydrogen-bond donors (Lipinski definition) is 1. The van der Waals surface area contributed by atoms with Crippen molar-refractivity contribution in [2.45, 2.75) is 25.6 Å². The van der Waals surface area contributed by atoms with Crippen molar-refractivity contribution in [3.8, 4) is 11.5 Å². The van der Waals surface area contributed by atoms with E-state index in [0.717, 1.165) is 11.1 Å². The fourth-order valence-electron chi connectivity index (χ4n) is 2.81. The van der Waals surface area contributed by atoms with E-state index < -0.39 is 9.84 Å². The van der Waals surface area contributed by atoms with Gasteiger partial charge in [-0.15, -0.1) is 0 Å². The van der Waals surface area contributed by atoms with Crippen LogP contribution < -0.4 is 14.8 Å². The zero-order valence-corrected chi connectivity index (χ0v) is 15.0. The summed E-state index contributed by atoms with van der Waals surface area (Å²) in [7, 11) is -1.27. The van der Waals surface area contributed by atoms with Crippen LogP contribution in [0.3, 0.4) is 0 Å². The third kappa shape index (κ3) is 4.93. The maximum Gasteiger partial charge on any atom is 0.161 e. The molecule has 134 valence electrons. The predicted octanol–water partition coefficient (Wildman–Crippen LogP) is 1.95. The number of methoxy groups -OCH3 is 1. The fourth-order valence-corrected chi connectivity index (χ4v) is 4.51. The number of rotatable bonds is 7. The number of sulfone groups is 1. The van der Waals surface area contributed by atoms with Gasteiger partial charge in [0.15, 0.2) is 21.3 Å². The van der Waals surface area contributed by atoms with Crippen molar-refractivity contribution in [1.29, 1.82) is 0 Å². The van der Waals surface area contributed by atoms with E-state index in [2.05, 4.69) is 10.3 Å². The Labute approximate surface area is 148 Å². The molecule has 0 spiro atoms. The molecule has 0 radical (unpaired) electrons. The van der Waals surface area contributed by atoms with E-state index in [4.69, 9.17) is 9.47 Å². The average Bonchev–Trinajstić information content (AvgIpc) is 2.98. The molecular weight excluding hydrogens is 340 g/mol. The summed E-state index contributed by atoms with van der Waals surface area (Å²) in [6.45, 7) is 0.995. The van der Waals surface area contributed by atoms with Gasteiger partial charge in [-0.25, -0.2) is 8.42 Å². The molecule has 7 heteroatoms. The Morgan fingerprint density at radius 3 is 2.80 bits per heavy atom. The van der Waals surface area contributed by atoms with Gasteiger partial charge in [0.2, 0.25) is 0 Å². The molecule has 1 aromatic heterocycles. The minimum absolute atomic E-state index is 0.0202. The smallest absolute Gasteiger partial charge is 0.161 e. The largest absolute Gasteiger partial charge is 0.493 e. The van der Waals surface area contributed by atoms with Gasteiger partial charge in [0, 0.05) is 30.5 Å². The van der Waals surface area contributed by atoms with Gasteiger partial charge in [-0.2, -0.15) is 0 Å². The second-order valence-electron chi connectivity index (χ2n) is 6.12. The molecule has 2 heterocycles. The average molecular weight is 362 g/mol. The molecule has 0 saturated carbocycles. The molecule has 1 aliphatic heterocycles. The zero-order chi connectivity index (χ0) is 17.7. The summed E-state index contributed by atoms with van der Waals surface area (Å²) >= 11 is 0. The molecular formula is C18H22N2O4S. The van der Waals surface area contributed by atoms with Crippen LogP contribution in [-0.2, 0) is 23.0 Å². The molecule has 3 rings (SSSR count). The normalized spacial score (nSPS) is 18.8. The summed E-state index contributed by atoms with van der Waals surface area (Å²) in [6.07, 6.45) is 4.15. The van der Waals surface area contributed by atoms with Crippen LogP contribution >= 0.6 is 0 Å². The number of nitrogens with zero attached hydrogens (tertiary/aromatic N) is 1. The molecule has 0 unspecified atom stereocenters. The van der Waals surface area contributed by atoms with Crippen LogP contribution in [0.2, 0.25) is 0 Å². The second kappa shape index (κ2) is 7.84. The fraction of sp³-hybridized carbons (Fsp3) is 0.389. The summed E-state index contributed by atoms with van der Waals surface area (Å²) < 4.78 is 34.3. The van der Waals surface area contributed by atoms with Crippen molar-refractivity contribution >= 4 is 9.84 Å². The van der Waals surface area contributed by atoms with E-state index in [1.165, 1.54) is 0 Å². The number of nitrogens with one attached hydrogen (secondary N) is 1. The zero-order valence-electron chi connectivity index (χ0n) is 14.1. The van der Waals surface area contributed by atoms with E-state index >= 15 is 0 Å². The number of hydrogen-bond acceptors (Lipinski definition) is 6. The molecule has 1 fully saturated rings. The summed E-state index contributed by atoms with van der Waals surface area (Å²) in [5.74, 6) is 1.81. The van der Waals surface area contributed by atoms with E-state index in [0.29, 0.717) is 31.1 Å². The topological polar surface area (TPSA) is 77.5 Å². The Bertz CT molecular complexity index is 809. The van der Waals surface area contributed by atoms with Crippen LogP contribution in [0.4, 0.5) is 0 Å². The maximum absolute atomic E-state index is 11.5. The molecule has 1 saturated heterocycles. The van der Waals surface area contributed by atoms with Crippen LogP contribution in [0.15, 0.2) is 42.7 Å². The van der Waals surface area contributed by atoms with E-state index in [1.54, 1.807) is 19.5 Å². The molecule has 25 heavy (non-hydrogen) atoms. The van der Waals surface area contributed by atoms with Crippen molar-refractivity contribution in [3.05, 3.63) is 53.9 Å². The molecule has 6 nitrogen and oxygen atoms in total. The number of benzene rings is 1. The lowest BCUT2D eigenvalue weighted by molar-refractivity contribution is 0.283. The molecule has 1 atom stereocenters. The van der Waals surface area contributed by atoms with Crippen molar-refractivity contribution < 1.29 is 17.9 Å². The minimum Gasteiger partial charge on any atom is -0.493 e. The van der Waals surface area contributed by atoms with E-state index in [1.807, 2.05) is 30.3 Å². The van der Waals surface area contributed by atoms with Gasteiger partial charge in [-0.3, -0.25) is 4.98 Å². The Hall–Kier alpha value is -2.12. The molecule has 0 bridgehead atoms. The highest BCUT2D eigenvalue weighted by molar-refractivity contribution is 7.91. The maximum atomic E-state index is 11.5. The summed E-state index contributed by atoms with van der Waals surface area (Å²) in [5, 5.41) is 3.31. The Morgan fingerprint density at radius 1 is 1.24 bits per heavy atom. The van der Waals surface area contributed by atoms with Crippen LogP contribution in [0.25, 0.3) is 0 Å². The summed E-state index contributed by atoms with van der Waals surface area (Å²) in [5.41, 5.74) is 2.00. The Balaban J connectivity index is 1.63. The van der Waals surface area contributed by atoms with E-state index in [9.17, 15) is 8.42 Å². The van der Waals surface area contributed by atoms with Crippen LogP contribution in [0, 0.1) is 0 Å². The van der Waals surface area contributed by atoms with Gasteiger partial charge in [-0.1, -0.05) is 12.1 Å². The third-order valence-electron chi connectivity index (χ3n) is 4.17. The van der Waals surface area contributed by atoms with Gasteiger partial charge in [0.05, 0.1) is 18.6 Å². The van der Waals surface area contributed by atoms with E-state index in [-0.39, 0.29) is 17.5 Å². The highest BCUT2D eigenvalue weighted by Gasteiger charge is 2.27. The third-order valence-corrected chi connectivity index (χ3v) is 5.94. The predicted molar refractivity (Wildman–Crippen MR) is 95.5 cm³/mol. The van der Waals surface area contributed by atoms with Crippen molar-refractivity contribution in [1.82, 2.24) is 10.3 Å². The van der Waals surface area contributed by atoms with Gasteiger partial charge in [0.1, 0.15) is 6.61 Å². The van der Waals surface area contributed by atoms with Crippen molar-refractivity contribution in [2.75, 3.05) is 18.6 Å². The number of ether oxygens (including phenoxy) is 2. The first-order valence-corrected chi connectivity index (χ1v) is 10.0. The highest BCUT2D eigenvalue weighted by Crippen LogP contribution is 2.29. The summed E-state index contributed by atoms with van der Waals surface area (Å²) in [6, 6.07) is 9.57. The number of pyridine rings is 1. The van der Waals surface area contributed by atoms with Gasteiger partial charge >= 0.3 is 0 Å². The van der Waals surface area contributed by atoms with Gasteiger partial charge < -0.3 is 14.8 Å². The standard InChI is InChI=1S/C18H22N2O4S/c1-23-17-5-4-14(11-20-16-6-8-25(21,22)13-16)9-18(17)24-12-15-3-2-7-19-10-15/h2-5,7,9-10,16,20H,6,8,11-13H2,1H3/t16-/m1/s1. The minimum atomic E-state index is -2.87. The molecule has 1 aliphatic rings. The Kier molecular flexibility index (Phi) is 5.55. The molecule has 2 aromatic rings. The SMILES string of the molecule is COc1ccc(CN[C@@H]2CCS(=O)(=O)C2)cc1OCc1cccnc1. The molecule has 1 aromatic carbocycles. The molecule has 0 amide bonds. The van der Waals surface area contributed by atoms with Crippen molar-refractivity contribution in [3.63, 3.8) is 0 Å². The molecule has 0 aliphatic carbocycles. The lowest BCUT2D eigenvalue weighted by Crippen LogP contribution is -2.29. The molecule has 1 N–H and O–H groups in total. The van der Waals surface area contributed by atoms with Gasteiger partial charge in [0.25, 0.3) is 0 Å². The highest BCUT2D eigenvalue weighted by atomic mass is 32.2. The Morgan fingerprint density at radius 2 is 2.12 bits per heavy atom. The second-order valence-corrected chi connectivity index (χ2v) is 8.34. The monoisotopic (exact) mass is 362 g/mol. The van der Waals surface area contributed by atoms with Crippen molar-refractivity contribution in [2.24, 2.45) is 0 Å². The summed E-state index contributed by atoms with van der Waals surface area (Å²) in [4.78, 5) is 4.07. The number of aromatic nitrogens is 1. The van der Waals surface area contributed by atoms with Crippen LogP contribution in [0.5, 0.6) is 11.5 Å². The first-order valence-electron chi connectivity index (χ1n) is 8.18. The quantitative estimate of drug-likeness (QED) is 0.811. The van der Waals surface area contributed by atoms with Crippen LogP contribution in [-0.4, -0.2) is 38.1 Å². The van der Waals surface area contributed by atoms with Gasteiger partial charge in [-0.05, 0) is 30.2 Å².